The molecular weight excluding hydrogens is 556 g/mol. The molecule has 0 aromatic heterocycles. The van der Waals surface area contributed by atoms with E-state index >= 15 is 0 Å². The third-order valence-corrected chi connectivity index (χ3v) is 9.07. The Balaban J connectivity index is 1.26. The molecule has 0 saturated carbocycles. The van der Waals surface area contributed by atoms with Gasteiger partial charge in [0.25, 0.3) is 0 Å². The van der Waals surface area contributed by atoms with E-state index in [1.165, 1.54) is 38.9 Å². The normalized spacial score (nSPS) is 13.6. The minimum absolute atomic E-state index is 0.0846. The monoisotopic (exact) mass is 592 g/mol. The summed E-state index contributed by atoms with van der Waals surface area (Å²) in [5, 5.41) is 0. The van der Waals surface area contributed by atoms with Crippen LogP contribution in [0.3, 0.4) is 0 Å². The molecule has 6 aromatic rings. The summed E-state index contributed by atoms with van der Waals surface area (Å²) in [5.41, 5.74) is 14.6. The predicted molar refractivity (Wildman–Crippen MR) is 196 cm³/mol. The highest BCUT2D eigenvalue weighted by atomic mass is 14.9. The number of aliphatic imine (C=N–C) groups is 2. The van der Waals surface area contributed by atoms with Crippen LogP contribution in [0.2, 0.25) is 0 Å². The average Bonchev–Trinajstić information content (AvgIpc) is 3.35. The van der Waals surface area contributed by atoms with Crippen LogP contribution in [-0.4, -0.2) is 11.5 Å². The molecule has 0 radical (unpaired) electrons. The lowest BCUT2D eigenvalue weighted by atomic mass is 9.79. The van der Waals surface area contributed by atoms with Gasteiger partial charge in [0.15, 0.2) is 5.84 Å². The van der Waals surface area contributed by atoms with Crippen molar-refractivity contribution in [3.05, 3.63) is 186 Å². The zero-order valence-electron chi connectivity index (χ0n) is 26.5. The van der Waals surface area contributed by atoms with Crippen LogP contribution >= 0.6 is 0 Å². The van der Waals surface area contributed by atoms with Crippen LogP contribution in [0.5, 0.6) is 0 Å². The Morgan fingerprint density at radius 3 is 1.74 bits per heavy atom. The molecule has 0 heterocycles. The Morgan fingerprint density at radius 2 is 1.02 bits per heavy atom. The van der Waals surface area contributed by atoms with Gasteiger partial charge in [0.2, 0.25) is 0 Å². The van der Waals surface area contributed by atoms with Crippen molar-refractivity contribution in [2.24, 2.45) is 9.98 Å². The van der Waals surface area contributed by atoms with Crippen molar-refractivity contribution < 1.29 is 0 Å². The first kappa shape index (κ1) is 29.1. The third-order valence-electron chi connectivity index (χ3n) is 9.07. The fourth-order valence-corrected chi connectivity index (χ4v) is 6.62. The van der Waals surface area contributed by atoms with E-state index in [1.807, 2.05) is 31.2 Å². The molecule has 1 aliphatic rings. The molecule has 46 heavy (non-hydrogen) atoms. The lowest BCUT2D eigenvalue weighted by Crippen LogP contribution is -2.16. The Bertz CT molecular complexity index is 2100. The predicted octanol–water partition coefficient (Wildman–Crippen LogP) is 11.3. The molecule has 0 amide bonds. The molecule has 0 unspecified atom stereocenters. The first-order valence-corrected chi connectivity index (χ1v) is 15.8. The first-order valence-electron chi connectivity index (χ1n) is 15.8. The molecule has 0 fully saturated rings. The van der Waals surface area contributed by atoms with Crippen LogP contribution in [-0.2, 0) is 5.41 Å². The molecule has 2 nitrogen and oxygen atoms in total. The molecule has 7 rings (SSSR count). The van der Waals surface area contributed by atoms with Crippen molar-refractivity contribution in [1.82, 2.24) is 0 Å². The van der Waals surface area contributed by atoms with Gasteiger partial charge in [-0.3, -0.25) is 0 Å². The number of hydrogen-bond donors (Lipinski definition) is 0. The molecule has 0 bridgehead atoms. The van der Waals surface area contributed by atoms with Crippen molar-refractivity contribution >= 4 is 17.2 Å². The van der Waals surface area contributed by atoms with Gasteiger partial charge in [-0.25, -0.2) is 9.98 Å². The summed E-state index contributed by atoms with van der Waals surface area (Å²) >= 11 is 0. The maximum Gasteiger partial charge on any atom is 0.160 e. The Labute approximate surface area is 272 Å². The second-order valence-corrected chi connectivity index (χ2v) is 12.4. The Morgan fingerprint density at radius 1 is 0.478 bits per heavy atom. The number of amidine groups is 1. The van der Waals surface area contributed by atoms with Gasteiger partial charge >= 0.3 is 0 Å². The highest BCUT2D eigenvalue weighted by molar-refractivity contribution is 6.12. The van der Waals surface area contributed by atoms with E-state index < -0.39 is 0 Å². The fraction of sp³-hybridized carbons (Fsp3) is 0.0909. The summed E-state index contributed by atoms with van der Waals surface area (Å²) in [6.07, 6.45) is 0. The van der Waals surface area contributed by atoms with Crippen molar-refractivity contribution in [3.63, 3.8) is 0 Å². The van der Waals surface area contributed by atoms with E-state index in [9.17, 15) is 0 Å². The smallest absolute Gasteiger partial charge is 0.160 e. The quantitative estimate of drug-likeness (QED) is 0.136. The molecule has 6 aromatic carbocycles. The fourth-order valence-electron chi connectivity index (χ4n) is 6.62. The van der Waals surface area contributed by atoms with Gasteiger partial charge in [0.1, 0.15) is 0 Å². The number of hydrogen-bond acceptors (Lipinski definition) is 1. The molecule has 222 valence electrons. The Kier molecular flexibility index (Phi) is 7.64. The van der Waals surface area contributed by atoms with E-state index in [2.05, 4.69) is 148 Å². The Hall–Kier alpha value is -5.60. The van der Waals surface area contributed by atoms with Crippen LogP contribution in [0, 0.1) is 0 Å². The second-order valence-electron chi connectivity index (χ2n) is 12.4. The van der Waals surface area contributed by atoms with Crippen molar-refractivity contribution in [2.75, 3.05) is 0 Å². The minimum atomic E-state index is -0.0846. The van der Waals surface area contributed by atoms with Gasteiger partial charge in [0.05, 0.1) is 5.70 Å². The zero-order chi connectivity index (χ0) is 31.7. The van der Waals surface area contributed by atoms with Gasteiger partial charge in [-0.2, -0.15) is 0 Å². The highest BCUT2D eigenvalue weighted by Crippen LogP contribution is 2.51. The largest absolute Gasteiger partial charge is 0.233 e. The standard InChI is InChI=1S/C44H36N2/c1-30(32-14-7-5-8-15-32)45-43(46-31(2)33-22-24-35(25-23-33)34-16-9-6-10-17-34)37-28-26-36(27-29-37)38-19-13-20-40-39-18-11-12-21-41(39)44(3,4)42(38)40/h5-29H,2H2,1,3-4H3. The number of rotatable bonds is 6. The van der Waals surface area contributed by atoms with Crippen molar-refractivity contribution in [3.8, 4) is 33.4 Å². The molecule has 0 saturated heterocycles. The number of fused-ring (bicyclic) bond motifs is 3. The summed E-state index contributed by atoms with van der Waals surface area (Å²) in [5.74, 6) is 0.635. The lowest BCUT2D eigenvalue weighted by Gasteiger charge is -2.24. The van der Waals surface area contributed by atoms with E-state index in [4.69, 9.17) is 9.98 Å². The van der Waals surface area contributed by atoms with E-state index in [0.29, 0.717) is 11.5 Å². The van der Waals surface area contributed by atoms with E-state index in [0.717, 1.165) is 28.0 Å². The molecule has 0 spiro atoms. The van der Waals surface area contributed by atoms with Gasteiger partial charge in [-0.05, 0) is 62.6 Å². The summed E-state index contributed by atoms with van der Waals surface area (Å²) in [6, 6.07) is 53.2. The van der Waals surface area contributed by atoms with Gasteiger partial charge < -0.3 is 0 Å². The molecular formula is C44H36N2. The summed E-state index contributed by atoms with van der Waals surface area (Å²) in [7, 11) is 0. The maximum atomic E-state index is 5.06. The highest BCUT2D eigenvalue weighted by Gasteiger charge is 2.37. The van der Waals surface area contributed by atoms with Crippen molar-refractivity contribution in [1.29, 1.82) is 0 Å². The number of nitrogens with zero attached hydrogens (tertiary/aromatic N) is 2. The van der Waals surface area contributed by atoms with Gasteiger partial charge in [-0.1, -0.05) is 172 Å². The van der Waals surface area contributed by atoms with Gasteiger partial charge in [0, 0.05) is 16.7 Å². The minimum Gasteiger partial charge on any atom is -0.233 e. The van der Waals surface area contributed by atoms with Gasteiger partial charge in [-0.15, -0.1) is 0 Å². The second kappa shape index (κ2) is 12.1. The maximum absolute atomic E-state index is 5.06. The summed E-state index contributed by atoms with van der Waals surface area (Å²) in [4.78, 5) is 10.1. The van der Waals surface area contributed by atoms with Crippen LogP contribution in [0.15, 0.2) is 168 Å². The molecule has 1 aliphatic carbocycles. The molecule has 2 heteroatoms. The lowest BCUT2D eigenvalue weighted by molar-refractivity contribution is 0.662. The van der Waals surface area contributed by atoms with Crippen LogP contribution in [0.4, 0.5) is 0 Å². The molecule has 0 N–H and O–H groups in total. The average molecular weight is 593 g/mol. The van der Waals surface area contributed by atoms with Crippen LogP contribution in [0.25, 0.3) is 39.1 Å². The SMILES string of the molecule is C=C(N=C(N=C(C)c1ccccc1)c1ccc(-c2cccc3c2C(C)(C)c2ccccc2-3)cc1)c1ccc(-c2ccccc2)cc1. The summed E-state index contributed by atoms with van der Waals surface area (Å²) < 4.78 is 0. The van der Waals surface area contributed by atoms with Crippen molar-refractivity contribution in [2.45, 2.75) is 26.2 Å². The molecule has 0 atom stereocenters. The van der Waals surface area contributed by atoms with Crippen LogP contribution < -0.4 is 0 Å². The third kappa shape index (κ3) is 5.44. The van der Waals surface area contributed by atoms with E-state index in [1.54, 1.807) is 0 Å². The zero-order valence-corrected chi connectivity index (χ0v) is 26.5. The topological polar surface area (TPSA) is 24.7 Å². The number of benzene rings is 6. The first-order chi connectivity index (χ1) is 22.4. The summed E-state index contributed by atoms with van der Waals surface area (Å²) in [6.45, 7) is 11.1. The van der Waals surface area contributed by atoms with E-state index in [-0.39, 0.29) is 5.41 Å². The molecule has 0 aliphatic heterocycles. The van der Waals surface area contributed by atoms with Crippen LogP contribution in [0.1, 0.15) is 48.6 Å².